The zero-order valence-electron chi connectivity index (χ0n) is 14.0. The van der Waals surface area contributed by atoms with Crippen molar-refractivity contribution in [1.82, 2.24) is 5.32 Å². The van der Waals surface area contributed by atoms with E-state index in [1.54, 1.807) is 18.2 Å². The van der Waals surface area contributed by atoms with E-state index in [-0.39, 0.29) is 25.3 Å². The number of carbonyl (C=O) groups is 2. The van der Waals surface area contributed by atoms with Crippen molar-refractivity contribution in [1.29, 1.82) is 5.26 Å². The highest BCUT2D eigenvalue weighted by molar-refractivity contribution is 7.99. The van der Waals surface area contributed by atoms with Crippen LogP contribution in [0.2, 0.25) is 0 Å². The topological polar surface area (TPSA) is 82.4 Å². The van der Waals surface area contributed by atoms with Gasteiger partial charge in [-0.05, 0) is 47.0 Å². The first kappa shape index (κ1) is 17.2. The molecule has 136 valence electrons. The van der Waals surface area contributed by atoms with Crippen LogP contribution in [0.15, 0.2) is 18.2 Å². The number of anilines is 1. The Balaban J connectivity index is 1.40. The second-order valence-corrected chi connectivity index (χ2v) is 7.93. The van der Waals surface area contributed by atoms with Gasteiger partial charge in [0.2, 0.25) is 5.91 Å². The summed E-state index contributed by atoms with van der Waals surface area (Å²) in [6.45, 7) is 0.363. The monoisotopic (exact) mass is 375 g/mol. The lowest BCUT2D eigenvalue weighted by Crippen LogP contribution is -2.34. The molecule has 0 spiro atoms. The quantitative estimate of drug-likeness (QED) is 0.854. The lowest BCUT2D eigenvalue weighted by molar-refractivity contribution is -0.120. The molecule has 4 rings (SSSR count). The molecule has 2 saturated heterocycles. The predicted molar refractivity (Wildman–Crippen MR) is 94.3 cm³/mol. The van der Waals surface area contributed by atoms with E-state index in [1.165, 1.54) is 11.0 Å². The van der Waals surface area contributed by atoms with Crippen molar-refractivity contribution in [2.45, 2.75) is 18.4 Å². The zero-order valence-corrected chi connectivity index (χ0v) is 14.8. The number of fused-ring (bicyclic) bond motifs is 1. The molecule has 0 unspecified atom stereocenters. The minimum atomic E-state index is -0.559. The highest BCUT2D eigenvalue weighted by Crippen LogP contribution is 2.61. The first-order valence-corrected chi connectivity index (χ1v) is 9.73. The van der Waals surface area contributed by atoms with Gasteiger partial charge >= 0.3 is 6.09 Å². The molecule has 2 amide bonds. The second kappa shape index (κ2) is 6.80. The minimum absolute atomic E-state index is 0.131. The van der Waals surface area contributed by atoms with E-state index in [4.69, 9.17) is 10.00 Å². The van der Waals surface area contributed by atoms with E-state index in [9.17, 15) is 14.0 Å². The van der Waals surface area contributed by atoms with Crippen LogP contribution in [-0.4, -0.2) is 42.7 Å². The molecule has 0 bridgehead atoms. The maximum atomic E-state index is 14.6. The van der Waals surface area contributed by atoms with Crippen molar-refractivity contribution in [2.75, 3.05) is 29.5 Å². The highest BCUT2D eigenvalue weighted by atomic mass is 32.2. The van der Waals surface area contributed by atoms with Gasteiger partial charge in [0.1, 0.15) is 18.3 Å². The van der Waals surface area contributed by atoms with Gasteiger partial charge in [0.15, 0.2) is 0 Å². The summed E-state index contributed by atoms with van der Waals surface area (Å²) in [5.74, 6) is 3.04. The maximum absolute atomic E-state index is 14.6. The number of nitrogens with one attached hydrogen (secondary N) is 1. The van der Waals surface area contributed by atoms with Crippen LogP contribution in [0.1, 0.15) is 17.9 Å². The Morgan fingerprint density at radius 2 is 2.19 bits per heavy atom. The third-order valence-corrected chi connectivity index (χ3v) is 6.49. The zero-order chi connectivity index (χ0) is 18.3. The minimum Gasteiger partial charge on any atom is -0.442 e. The van der Waals surface area contributed by atoms with Crippen LogP contribution in [0, 0.1) is 29.0 Å². The Hall–Kier alpha value is -2.27. The van der Waals surface area contributed by atoms with Crippen molar-refractivity contribution in [3.63, 3.8) is 0 Å². The molecule has 1 N–H and O–H groups in total. The smallest absolute Gasteiger partial charge is 0.414 e. The fourth-order valence-corrected chi connectivity index (χ4v) is 5.45. The molecule has 0 aromatic heterocycles. The number of amides is 2. The second-order valence-electron chi connectivity index (χ2n) is 6.85. The number of hydrogen-bond donors (Lipinski definition) is 1. The number of rotatable bonds is 5. The SMILES string of the molecule is N#CCC(=O)NC[C@H]1CN(c2ccc([C@H]3[C@@H]4CSC[C@@H]43)c(F)c2)C(=O)O1. The molecule has 26 heavy (non-hydrogen) atoms. The van der Waals surface area contributed by atoms with E-state index in [0.717, 1.165) is 17.1 Å². The highest BCUT2D eigenvalue weighted by Gasteiger charge is 2.54. The van der Waals surface area contributed by atoms with Gasteiger partial charge in [0, 0.05) is 0 Å². The van der Waals surface area contributed by atoms with E-state index in [1.807, 2.05) is 11.8 Å². The van der Waals surface area contributed by atoms with Crippen molar-refractivity contribution >= 4 is 29.4 Å². The molecular formula is C18H18FN3O3S. The summed E-state index contributed by atoms with van der Waals surface area (Å²) < 4.78 is 19.8. The number of halogens is 1. The Bertz CT molecular complexity index is 786. The number of hydrogen-bond acceptors (Lipinski definition) is 5. The Morgan fingerprint density at radius 3 is 2.88 bits per heavy atom. The maximum Gasteiger partial charge on any atom is 0.414 e. The molecule has 2 aliphatic heterocycles. The van der Waals surface area contributed by atoms with Crippen molar-refractivity contribution in [3.05, 3.63) is 29.6 Å². The normalized spacial score (nSPS) is 29.1. The molecule has 8 heteroatoms. The molecule has 2 heterocycles. The van der Waals surface area contributed by atoms with Gasteiger partial charge in [0.25, 0.3) is 0 Å². The summed E-state index contributed by atoms with van der Waals surface area (Å²) in [6, 6.07) is 6.70. The van der Waals surface area contributed by atoms with Gasteiger partial charge in [-0.2, -0.15) is 17.0 Å². The number of benzene rings is 1. The van der Waals surface area contributed by atoms with Crippen molar-refractivity contribution in [3.8, 4) is 6.07 Å². The predicted octanol–water partition coefficient (Wildman–Crippen LogP) is 2.26. The molecule has 1 aromatic carbocycles. The molecule has 1 aliphatic carbocycles. The van der Waals surface area contributed by atoms with Crippen LogP contribution < -0.4 is 10.2 Å². The standard InChI is InChI=1S/C18H18FN3O3S/c19-15-5-10(1-2-12(15)17-13-8-26-9-14(13)17)22-7-11(25-18(22)24)6-21-16(23)3-4-20/h1-2,5,11,13-14,17H,3,6-9H2,(H,21,23)/t11-,13-,14+,17+/m0/s1. The summed E-state index contributed by atoms with van der Waals surface area (Å²) in [5, 5.41) is 11.0. The molecule has 6 nitrogen and oxygen atoms in total. The average molecular weight is 375 g/mol. The molecule has 4 atom stereocenters. The van der Waals surface area contributed by atoms with Gasteiger partial charge in [0.05, 0.1) is 24.8 Å². The number of nitriles is 1. The van der Waals surface area contributed by atoms with Crippen molar-refractivity contribution in [2.24, 2.45) is 11.8 Å². The fourth-order valence-electron chi connectivity index (χ4n) is 3.86. The summed E-state index contributed by atoms with van der Waals surface area (Å²) in [4.78, 5) is 24.8. The van der Waals surface area contributed by atoms with E-state index < -0.39 is 18.1 Å². The van der Waals surface area contributed by atoms with Crippen LogP contribution in [-0.2, 0) is 9.53 Å². The Morgan fingerprint density at radius 1 is 1.42 bits per heavy atom. The third-order valence-electron chi connectivity index (χ3n) is 5.25. The molecule has 3 fully saturated rings. The van der Waals surface area contributed by atoms with Gasteiger partial charge in [-0.3, -0.25) is 9.69 Å². The number of carbonyl (C=O) groups excluding carboxylic acids is 2. The van der Waals surface area contributed by atoms with Crippen LogP contribution >= 0.6 is 11.8 Å². The molecule has 3 aliphatic rings. The summed E-state index contributed by atoms with van der Waals surface area (Å²) in [7, 11) is 0. The molecule has 0 radical (unpaired) electrons. The fraction of sp³-hybridized carbons (Fsp3) is 0.500. The van der Waals surface area contributed by atoms with E-state index in [2.05, 4.69) is 5.32 Å². The first-order valence-electron chi connectivity index (χ1n) is 8.57. The molecular weight excluding hydrogens is 357 g/mol. The van der Waals surface area contributed by atoms with E-state index >= 15 is 0 Å². The Kier molecular flexibility index (Phi) is 4.49. The van der Waals surface area contributed by atoms with Crippen LogP contribution in [0.5, 0.6) is 0 Å². The number of cyclic esters (lactones) is 1. The molecule has 1 aromatic rings. The summed E-state index contributed by atoms with van der Waals surface area (Å²) >= 11 is 1.93. The Labute approximate surface area is 154 Å². The molecule has 1 saturated carbocycles. The lowest BCUT2D eigenvalue weighted by Gasteiger charge is -2.15. The van der Waals surface area contributed by atoms with Crippen LogP contribution in [0.4, 0.5) is 14.9 Å². The summed E-state index contributed by atoms with van der Waals surface area (Å²) in [6.07, 6.45) is -1.32. The van der Waals surface area contributed by atoms with Crippen LogP contribution in [0.3, 0.4) is 0 Å². The van der Waals surface area contributed by atoms with Crippen molar-refractivity contribution < 1.29 is 18.7 Å². The number of thioether (sulfide) groups is 1. The third kappa shape index (κ3) is 3.12. The van der Waals surface area contributed by atoms with Crippen LogP contribution in [0.25, 0.3) is 0 Å². The number of ether oxygens (including phenoxy) is 1. The number of nitrogens with zero attached hydrogens (tertiary/aromatic N) is 2. The largest absolute Gasteiger partial charge is 0.442 e. The van der Waals surface area contributed by atoms with Gasteiger partial charge in [-0.15, -0.1) is 0 Å². The average Bonchev–Trinajstić information content (AvgIpc) is 2.96. The van der Waals surface area contributed by atoms with Gasteiger partial charge < -0.3 is 10.1 Å². The van der Waals surface area contributed by atoms with E-state index in [0.29, 0.717) is 23.4 Å². The lowest BCUT2D eigenvalue weighted by atomic mass is 10.1. The first-order chi connectivity index (χ1) is 12.6. The van der Waals surface area contributed by atoms with Gasteiger partial charge in [-0.1, -0.05) is 6.07 Å². The summed E-state index contributed by atoms with van der Waals surface area (Å²) in [5.41, 5.74) is 1.21. The van der Waals surface area contributed by atoms with Gasteiger partial charge in [-0.25, -0.2) is 9.18 Å².